The summed E-state index contributed by atoms with van der Waals surface area (Å²) in [5.74, 6) is 0.834. The van der Waals surface area contributed by atoms with Gasteiger partial charge in [0.15, 0.2) is 0 Å². The van der Waals surface area contributed by atoms with Gasteiger partial charge in [-0.05, 0) is 63.9 Å². The summed E-state index contributed by atoms with van der Waals surface area (Å²) in [7, 11) is 4.34. The number of hydrogen-bond acceptors (Lipinski definition) is 3. The molecule has 1 unspecified atom stereocenters. The lowest BCUT2D eigenvalue weighted by Gasteiger charge is -2.36. The van der Waals surface area contributed by atoms with Crippen molar-refractivity contribution in [2.24, 2.45) is 11.7 Å². The largest absolute Gasteiger partial charge is 0.371 e. The first-order valence-corrected chi connectivity index (χ1v) is 8.68. The average Bonchev–Trinajstić information content (AvgIpc) is 2.40. The number of nitrogens with zero attached hydrogens (tertiary/aromatic N) is 2. The molecule has 118 valence electrons. The molecule has 1 aromatic carbocycles. The molecule has 0 aromatic heterocycles. The molecule has 21 heavy (non-hydrogen) atoms. The molecular weight excluding hydrogens is 326 g/mol. The molecule has 1 aliphatic rings. The fourth-order valence-electron chi connectivity index (χ4n) is 3.22. The van der Waals surface area contributed by atoms with Crippen LogP contribution in [0.25, 0.3) is 0 Å². The van der Waals surface area contributed by atoms with Crippen molar-refractivity contribution in [2.75, 3.05) is 38.6 Å². The number of nitrogens with two attached hydrogens (primary N) is 1. The lowest BCUT2D eigenvalue weighted by atomic mass is 9.95. The SMILES string of the molecule is CC(N)Cc1ccc(Br)cc1N1CCC(CN(C)C)CC1. The first-order valence-electron chi connectivity index (χ1n) is 7.89. The summed E-state index contributed by atoms with van der Waals surface area (Å²) in [6, 6.07) is 6.80. The first kappa shape index (κ1) is 16.8. The maximum absolute atomic E-state index is 6.00. The molecule has 1 fully saturated rings. The number of halogens is 1. The summed E-state index contributed by atoms with van der Waals surface area (Å²) in [4.78, 5) is 4.84. The van der Waals surface area contributed by atoms with Crippen molar-refractivity contribution in [3.63, 3.8) is 0 Å². The Hall–Kier alpha value is -0.580. The van der Waals surface area contributed by atoms with Crippen LogP contribution < -0.4 is 10.6 Å². The summed E-state index contributed by atoms with van der Waals surface area (Å²) in [5, 5.41) is 0. The molecule has 4 heteroatoms. The lowest BCUT2D eigenvalue weighted by Crippen LogP contribution is -2.37. The molecule has 0 bridgehead atoms. The van der Waals surface area contributed by atoms with Gasteiger partial charge in [-0.1, -0.05) is 22.0 Å². The quantitative estimate of drug-likeness (QED) is 0.882. The number of piperidine rings is 1. The highest BCUT2D eigenvalue weighted by Gasteiger charge is 2.21. The van der Waals surface area contributed by atoms with Gasteiger partial charge in [0.25, 0.3) is 0 Å². The van der Waals surface area contributed by atoms with Gasteiger partial charge >= 0.3 is 0 Å². The second kappa shape index (κ2) is 7.61. The number of benzene rings is 1. The highest BCUT2D eigenvalue weighted by molar-refractivity contribution is 9.10. The Morgan fingerprint density at radius 3 is 2.57 bits per heavy atom. The Bertz CT molecular complexity index is 451. The Morgan fingerprint density at radius 2 is 2.00 bits per heavy atom. The second-order valence-corrected chi connectivity index (χ2v) is 7.56. The second-order valence-electron chi connectivity index (χ2n) is 6.65. The topological polar surface area (TPSA) is 32.5 Å². The van der Waals surface area contributed by atoms with Crippen LogP contribution >= 0.6 is 15.9 Å². The molecule has 1 saturated heterocycles. The minimum Gasteiger partial charge on any atom is -0.371 e. The molecule has 2 rings (SSSR count). The molecule has 0 saturated carbocycles. The molecule has 0 aliphatic carbocycles. The molecule has 0 amide bonds. The van der Waals surface area contributed by atoms with Crippen molar-refractivity contribution in [3.8, 4) is 0 Å². The summed E-state index contributed by atoms with van der Waals surface area (Å²) >= 11 is 3.61. The van der Waals surface area contributed by atoms with Crippen molar-refractivity contribution in [3.05, 3.63) is 28.2 Å². The van der Waals surface area contributed by atoms with E-state index in [1.165, 1.54) is 30.6 Å². The van der Waals surface area contributed by atoms with Gasteiger partial charge in [-0.25, -0.2) is 0 Å². The van der Waals surface area contributed by atoms with Gasteiger partial charge in [0.2, 0.25) is 0 Å². The van der Waals surface area contributed by atoms with E-state index in [4.69, 9.17) is 5.73 Å². The van der Waals surface area contributed by atoms with E-state index < -0.39 is 0 Å². The maximum atomic E-state index is 6.00. The highest BCUT2D eigenvalue weighted by Crippen LogP contribution is 2.30. The molecule has 1 heterocycles. The molecule has 1 atom stereocenters. The van der Waals surface area contributed by atoms with Crippen LogP contribution in [0.1, 0.15) is 25.3 Å². The van der Waals surface area contributed by atoms with E-state index in [1.54, 1.807) is 0 Å². The van der Waals surface area contributed by atoms with Gasteiger partial charge in [-0.15, -0.1) is 0 Å². The molecule has 2 N–H and O–H groups in total. The summed E-state index contributed by atoms with van der Waals surface area (Å²) in [6.07, 6.45) is 3.50. The van der Waals surface area contributed by atoms with Gasteiger partial charge < -0.3 is 15.5 Å². The fraction of sp³-hybridized carbons (Fsp3) is 0.647. The van der Waals surface area contributed by atoms with Gasteiger partial charge in [-0.2, -0.15) is 0 Å². The van der Waals surface area contributed by atoms with Crippen LogP contribution in [0.5, 0.6) is 0 Å². The lowest BCUT2D eigenvalue weighted by molar-refractivity contribution is 0.285. The Morgan fingerprint density at radius 1 is 1.33 bits per heavy atom. The van der Waals surface area contributed by atoms with E-state index in [1.807, 2.05) is 0 Å². The van der Waals surface area contributed by atoms with E-state index in [-0.39, 0.29) is 6.04 Å². The molecule has 0 spiro atoms. The van der Waals surface area contributed by atoms with Crippen LogP contribution in [0.3, 0.4) is 0 Å². The zero-order valence-corrected chi connectivity index (χ0v) is 15.1. The monoisotopic (exact) mass is 353 g/mol. The van der Waals surface area contributed by atoms with Crippen molar-refractivity contribution in [2.45, 2.75) is 32.2 Å². The highest BCUT2D eigenvalue weighted by atomic mass is 79.9. The minimum absolute atomic E-state index is 0.205. The van der Waals surface area contributed by atoms with E-state index in [9.17, 15) is 0 Å². The van der Waals surface area contributed by atoms with Crippen LogP contribution in [0.2, 0.25) is 0 Å². The van der Waals surface area contributed by atoms with Gasteiger partial charge in [0.1, 0.15) is 0 Å². The molecule has 0 radical (unpaired) electrons. The third-order valence-corrected chi connectivity index (χ3v) is 4.66. The normalized spacial score (nSPS) is 18.3. The predicted octanol–water partition coefficient (Wildman–Crippen LogP) is 3.12. The van der Waals surface area contributed by atoms with E-state index in [0.717, 1.165) is 29.9 Å². The van der Waals surface area contributed by atoms with Crippen LogP contribution in [0.4, 0.5) is 5.69 Å². The molecule has 3 nitrogen and oxygen atoms in total. The van der Waals surface area contributed by atoms with Gasteiger partial charge in [0.05, 0.1) is 0 Å². The summed E-state index contributed by atoms with van der Waals surface area (Å²) < 4.78 is 1.15. The van der Waals surface area contributed by atoms with Gasteiger partial charge in [0, 0.05) is 35.8 Å². The van der Waals surface area contributed by atoms with E-state index in [2.05, 4.69) is 64.9 Å². The third-order valence-electron chi connectivity index (χ3n) is 4.17. The Kier molecular flexibility index (Phi) is 6.08. The van der Waals surface area contributed by atoms with Crippen LogP contribution in [-0.2, 0) is 6.42 Å². The van der Waals surface area contributed by atoms with Crippen LogP contribution in [-0.4, -0.2) is 44.7 Å². The van der Waals surface area contributed by atoms with Crippen LogP contribution in [0.15, 0.2) is 22.7 Å². The van der Waals surface area contributed by atoms with Gasteiger partial charge in [-0.3, -0.25) is 0 Å². The standard InChI is InChI=1S/C17H28BrN3/c1-13(19)10-15-4-5-16(18)11-17(15)21-8-6-14(7-9-21)12-20(2)3/h4-5,11,13-14H,6-10,12,19H2,1-3H3. The molecule has 1 aliphatic heterocycles. The zero-order valence-electron chi connectivity index (χ0n) is 13.5. The number of rotatable bonds is 5. The smallest absolute Gasteiger partial charge is 0.0410 e. The summed E-state index contributed by atoms with van der Waals surface area (Å²) in [6.45, 7) is 5.59. The molecular formula is C17H28BrN3. The maximum Gasteiger partial charge on any atom is 0.0410 e. The Balaban J connectivity index is 2.06. The zero-order chi connectivity index (χ0) is 15.4. The van der Waals surface area contributed by atoms with E-state index >= 15 is 0 Å². The summed E-state index contributed by atoms with van der Waals surface area (Å²) in [5.41, 5.74) is 8.74. The third kappa shape index (κ3) is 4.97. The predicted molar refractivity (Wildman–Crippen MR) is 95.0 cm³/mol. The van der Waals surface area contributed by atoms with E-state index in [0.29, 0.717) is 0 Å². The fourth-order valence-corrected chi connectivity index (χ4v) is 3.57. The van der Waals surface area contributed by atoms with Crippen molar-refractivity contribution >= 4 is 21.6 Å². The minimum atomic E-state index is 0.205. The van der Waals surface area contributed by atoms with Crippen molar-refractivity contribution in [1.82, 2.24) is 4.90 Å². The van der Waals surface area contributed by atoms with Crippen LogP contribution in [0, 0.1) is 5.92 Å². The van der Waals surface area contributed by atoms with Crippen molar-refractivity contribution in [1.29, 1.82) is 0 Å². The average molecular weight is 354 g/mol. The molecule has 1 aromatic rings. The number of hydrogen-bond donors (Lipinski definition) is 1. The Labute approximate surface area is 137 Å². The van der Waals surface area contributed by atoms with Crippen molar-refractivity contribution < 1.29 is 0 Å². The first-order chi connectivity index (χ1) is 9.95. The number of anilines is 1.